The molecule has 0 aliphatic rings. The van der Waals surface area contributed by atoms with Gasteiger partial charge in [-0.1, -0.05) is 29.5 Å². The van der Waals surface area contributed by atoms with Crippen LogP contribution in [0, 0.1) is 6.92 Å². The molecule has 0 fully saturated rings. The van der Waals surface area contributed by atoms with E-state index < -0.39 is 0 Å². The van der Waals surface area contributed by atoms with Crippen molar-refractivity contribution in [2.75, 3.05) is 18.9 Å². The first kappa shape index (κ1) is 15.2. The van der Waals surface area contributed by atoms with Crippen molar-refractivity contribution in [2.45, 2.75) is 6.92 Å². The fourth-order valence-electron chi connectivity index (χ4n) is 2.25. The lowest BCUT2D eigenvalue weighted by atomic mass is 10.1. The Morgan fingerprint density at radius 3 is 2.83 bits per heavy atom. The zero-order chi connectivity index (χ0) is 16.4. The summed E-state index contributed by atoms with van der Waals surface area (Å²) in [4.78, 5) is 28.9. The van der Waals surface area contributed by atoms with E-state index in [1.165, 1.54) is 16.2 Å². The lowest BCUT2D eigenvalue weighted by molar-refractivity contribution is -0.116. The van der Waals surface area contributed by atoms with Crippen LogP contribution in [0.15, 0.2) is 30.5 Å². The van der Waals surface area contributed by atoms with Gasteiger partial charge >= 0.3 is 0 Å². The number of carbonyl (C=O) groups excluding carboxylic acids is 2. The molecule has 0 spiro atoms. The Labute approximate surface area is 136 Å². The van der Waals surface area contributed by atoms with Gasteiger partial charge in [-0.25, -0.2) is 0 Å². The predicted molar refractivity (Wildman–Crippen MR) is 88.5 cm³/mol. The second-order valence-electron chi connectivity index (χ2n) is 5.08. The molecule has 0 radical (unpaired) electrons. The summed E-state index contributed by atoms with van der Waals surface area (Å²) in [6, 6.07) is 7.54. The average Bonchev–Trinajstić information content (AvgIpc) is 3.12. The van der Waals surface area contributed by atoms with Crippen molar-refractivity contribution in [3.05, 3.63) is 41.0 Å². The smallest absolute Gasteiger partial charge is 0.256 e. The minimum Gasteiger partial charge on any atom is -0.360 e. The Kier molecular flexibility index (Phi) is 4.07. The van der Waals surface area contributed by atoms with Crippen LogP contribution in [0.3, 0.4) is 0 Å². The first-order valence-corrected chi connectivity index (χ1v) is 7.78. The molecule has 0 bridgehead atoms. The molecular weight excluding hydrogens is 314 g/mol. The first-order valence-electron chi connectivity index (χ1n) is 6.96. The molecule has 0 saturated heterocycles. The topological polar surface area (TPSA) is 91.0 Å². The molecule has 2 amide bonds. The van der Waals surface area contributed by atoms with Crippen molar-refractivity contribution in [1.82, 2.24) is 20.1 Å². The minimum absolute atomic E-state index is 0.0586. The molecule has 0 aliphatic heterocycles. The standard InChI is InChI=1S/C15H15N5O2S/c1-9-18-19-15(23-9)17-13(21)8-20(2)14(22)11-7-16-12-6-4-3-5-10(11)12/h3-7,16H,8H2,1-2H3,(H,17,19,21). The number of benzene rings is 1. The van der Waals surface area contributed by atoms with Gasteiger partial charge in [0.05, 0.1) is 12.1 Å². The molecule has 7 nitrogen and oxygen atoms in total. The van der Waals surface area contributed by atoms with Gasteiger partial charge in [0, 0.05) is 24.1 Å². The Bertz CT molecular complexity index is 870. The number of H-pyrrole nitrogens is 1. The van der Waals surface area contributed by atoms with Gasteiger partial charge in [-0.15, -0.1) is 10.2 Å². The maximum absolute atomic E-state index is 12.5. The lowest BCUT2D eigenvalue weighted by Crippen LogP contribution is -2.34. The highest BCUT2D eigenvalue weighted by Crippen LogP contribution is 2.19. The number of aromatic amines is 1. The highest BCUT2D eigenvalue weighted by atomic mass is 32.1. The largest absolute Gasteiger partial charge is 0.360 e. The zero-order valence-corrected chi connectivity index (χ0v) is 13.5. The predicted octanol–water partition coefficient (Wildman–Crippen LogP) is 2.04. The number of hydrogen-bond acceptors (Lipinski definition) is 5. The van der Waals surface area contributed by atoms with Crippen molar-refractivity contribution in [2.24, 2.45) is 0 Å². The summed E-state index contributed by atoms with van der Waals surface area (Å²) in [5.41, 5.74) is 1.43. The van der Waals surface area contributed by atoms with Crippen molar-refractivity contribution < 1.29 is 9.59 Å². The molecule has 23 heavy (non-hydrogen) atoms. The summed E-state index contributed by atoms with van der Waals surface area (Å²) in [6.07, 6.45) is 1.66. The number of aryl methyl sites for hydroxylation is 1. The van der Waals surface area contributed by atoms with Crippen molar-refractivity contribution in [3.63, 3.8) is 0 Å². The van der Waals surface area contributed by atoms with E-state index in [0.29, 0.717) is 10.7 Å². The van der Waals surface area contributed by atoms with E-state index in [1.54, 1.807) is 20.2 Å². The van der Waals surface area contributed by atoms with Crippen LogP contribution in [0.1, 0.15) is 15.4 Å². The van der Waals surface area contributed by atoms with Gasteiger partial charge in [0.25, 0.3) is 5.91 Å². The van der Waals surface area contributed by atoms with E-state index in [2.05, 4.69) is 20.5 Å². The number of likely N-dealkylation sites (N-methyl/N-ethyl adjacent to an activating group) is 1. The van der Waals surface area contributed by atoms with Gasteiger partial charge < -0.3 is 9.88 Å². The quantitative estimate of drug-likeness (QED) is 0.766. The zero-order valence-electron chi connectivity index (χ0n) is 12.7. The van der Waals surface area contributed by atoms with E-state index in [9.17, 15) is 9.59 Å². The number of fused-ring (bicyclic) bond motifs is 1. The Balaban J connectivity index is 1.69. The molecule has 1 aromatic carbocycles. The summed E-state index contributed by atoms with van der Waals surface area (Å²) < 4.78 is 0. The molecule has 8 heteroatoms. The van der Waals surface area contributed by atoms with Gasteiger partial charge in [0.15, 0.2) is 0 Å². The second kappa shape index (κ2) is 6.17. The van der Waals surface area contributed by atoms with Crippen LogP contribution in [0.5, 0.6) is 0 Å². The molecule has 2 N–H and O–H groups in total. The van der Waals surface area contributed by atoms with Crippen LogP contribution in [0.2, 0.25) is 0 Å². The van der Waals surface area contributed by atoms with Crippen molar-refractivity contribution in [3.8, 4) is 0 Å². The molecular formula is C15H15N5O2S. The molecule has 2 aromatic heterocycles. The molecule has 3 rings (SSSR count). The fourth-order valence-corrected chi connectivity index (χ4v) is 2.86. The maximum atomic E-state index is 12.5. The highest BCUT2D eigenvalue weighted by Gasteiger charge is 2.18. The number of para-hydroxylation sites is 1. The SMILES string of the molecule is Cc1nnc(NC(=O)CN(C)C(=O)c2c[nH]c3ccccc23)s1. The van der Waals surface area contributed by atoms with E-state index in [1.807, 2.05) is 24.3 Å². The number of carbonyl (C=O) groups is 2. The minimum atomic E-state index is -0.308. The van der Waals surface area contributed by atoms with Crippen LogP contribution < -0.4 is 5.32 Å². The summed E-state index contributed by atoms with van der Waals surface area (Å²) >= 11 is 1.29. The normalized spacial score (nSPS) is 10.7. The summed E-state index contributed by atoms with van der Waals surface area (Å²) in [5.74, 6) is -0.525. The molecule has 118 valence electrons. The van der Waals surface area contributed by atoms with Gasteiger partial charge in [0.1, 0.15) is 5.01 Å². The number of nitrogens with one attached hydrogen (secondary N) is 2. The molecule has 0 unspecified atom stereocenters. The number of hydrogen-bond donors (Lipinski definition) is 2. The van der Waals surface area contributed by atoms with Crippen LogP contribution in [-0.2, 0) is 4.79 Å². The average molecular weight is 329 g/mol. The molecule has 0 atom stereocenters. The van der Waals surface area contributed by atoms with Crippen molar-refractivity contribution in [1.29, 1.82) is 0 Å². The van der Waals surface area contributed by atoms with E-state index in [0.717, 1.165) is 15.9 Å². The van der Waals surface area contributed by atoms with Crippen LogP contribution >= 0.6 is 11.3 Å². The lowest BCUT2D eigenvalue weighted by Gasteiger charge is -2.15. The van der Waals surface area contributed by atoms with Gasteiger partial charge in [0.2, 0.25) is 11.0 Å². The second-order valence-corrected chi connectivity index (χ2v) is 6.27. The summed E-state index contributed by atoms with van der Waals surface area (Å²) in [7, 11) is 1.59. The first-order chi connectivity index (χ1) is 11.0. The number of anilines is 1. The third-order valence-electron chi connectivity index (χ3n) is 3.32. The number of rotatable bonds is 4. The molecule has 0 saturated carbocycles. The maximum Gasteiger partial charge on any atom is 0.256 e. The van der Waals surface area contributed by atoms with E-state index >= 15 is 0 Å². The number of nitrogens with zero attached hydrogens (tertiary/aromatic N) is 3. The Morgan fingerprint density at radius 1 is 1.30 bits per heavy atom. The Hall–Kier alpha value is -2.74. The molecule has 0 aliphatic carbocycles. The van der Waals surface area contributed by atoms with Gasteiger partial charge in [-0.2, -0.15) is 0 Å². The molecule has 2 heterocycles. The van der Waals surface area contributed by atoms with Gasteiger partial charge in [-0.3, -0.25) is 14.9 Å². The fraction of sp³-hybridized carbons (Fsp3) is 0.200. The van der Waals surface area contributed by atoms with Crippen molar-refractivity contribution >= 4 is 39.2 Å². The Morgan fingerprint density at radius 2 is 2.09 bits per heavy atom. The van der Waals surface area contributed by atoms with E-state index in [4.69, 9.17) is 0 Å². The third kappa shape index (κ3) is 3.21. The number of amides is 2. The third-order valence-corrected chi connectivity index (χ3v) is 4.07. The molecule has 3 aromatic rings. The number of aromatic nitrogens is 3. The van der Waals surface area contributed by atoms with Crippen LogP contribution in [0.4, 0.5) is 5.13 Å². The van der Waals surface area contributed by atoms with Crippen LogP contribution in [-0.4, -0.2) is 45.5 Å². The monoisotopic (exact) mass is 329 g/mol. The van der Waals surface area contributed by atoms with Crippen LogP contribution in [0.25, 0.3) is 10.9 Å². The summed E-state index contributed by atoms with van der Waals surface area (Å²) in [5, 5.41) is 12.3. The van der Waals surface area contributed by atoms with Gasteiger partial charge in [-0.05, 0) is 13.0 Å². The summed E-state index contributed by atoms with van der Waals surface area (Å²) in [6.45, 7) is 1.75. The highest BCUT2D eigenvalue weighted by molar-refractivity contribution is 7.15. The van der Waals surface area contributed by atoms with E-state index in [-0.39, 0.29) is 18.4 Å².